The monoisotopic (exact) mass is 439 g/mol. The molecule has 0 radical (unpaired) electrons. The van der Waals surface area contributed by atoms with Crippen LogP contribution in [0.3, 0.4) is 0 Å². The zero-order valence-electron chi connectivity index (χ0n) is 11.3. The van der Waals surface area contributed by atoms with Crippen molar-refractivity contribution in [2.75, 3.05) is 25.2 Å². The zero-order valence-corrected chi connectivity index (χ0v) is 15.3. The van der Waals surface area contributed by atoms with Crippen molar-refractivity contribution in [1.29, 1.82) is 0 Å². The smallest absolute Gasteiger partial charge is 0.278 e. The maximum atomic E-state index is 11.5. The van der Waals surface area contributed by atoms with Gasteiger partial charge in [0.25, 0.3) is 11.8 Å². The van der Waals surface area contributed by atoms with Crippen molar-refractivity contribution in [1.82, 2.24) is 9.97 Å². The molecule has 0 amide bonds. The van der Waals surface area contributed by atoms with Crippen molar-refractivity contribution in [3.05, 3.63) is 15.0 Å². The fraction of sp³-hybridized carbons (Fsp3) is 0.273. The summed E-state index contributed by atoms with van der Waals surface area (Å²) in [5.41, 5.74) is 1.07. The van der Waals surface area contributed by atoms with Crippen molar-refractivity contribution < 1.29 is 17.9 Å². The molecule has 0 atom stereocenters. The Bertz CT molecular complexity index is 811. The molecular formula is C11H11Br2N3O4S. The Morgan fingerprint density at radius 3 is 2.24 bits per heavy atom. The van der Waals surface area contributed by atoms with Crippen molar-refractivity contribution in [2.24, 2.45) is 0 Å². The van der Waals surface area contributed by atoms with Crippen LogP contribution in [-0.4, -0.2) is 38.9 Å². The molecule has 7 nitrogen and oxygen atoms in total. The summed E-state index contributed by atoms with van der Waals surface area (Å²) in [6.07, 6.45) is 1.06. The lowest BCUT2D eigenvalue weighted by Gasteiger charge is -2.13. The van der Waals surface area contributed by atoms with Crippen LogP contribution in [0.1, 0.15) is 0 Å². The second-order valence-corrected chi connectivity index (χ2v) is 7.43. The van der Waals surface area contributed by atoms with E-state index in [1.54, 1.807) is 6.07 Å². The summed E-state index contributed by atoms with van der Waals surface area (Å²) in [6, 6.07) is 1.70. The largest absolute Gasteiger partial charge is 0.477 e. The summed E-state index contributed by atoms with van der Waals surface area (Å²) in [5.74, 6) is 0.375. The average molecular weight is 441 g/mol. The first-order chi connectivity index (χ1) is 9.76. The van der Waals surface area contributed by atoms with E-state index in [0.717, 1.165) is 6.26 Å². The quantitative estimate of drug-likeness (QED) is 0.785. The van der Waals surface area contributed by atoms with E-state index >= 15 is 0 Å². The van der Waals surface area contributed by atoms with E-state index in [0.29, 0.717) is 20.0 Å². The van der Waals surface area contributed by atoms with Gasteiger partial charge in [0, 0.05) is 4.47 Å². The summed E-state index contributed by atoms with van der Waals surface area (Å²) in [7, 11) is -0.611. The third-order valence-electron chi connectivity index (χ3n) is 2.46. The maximum absolute atomic E-state index is 11.5. The first-order valence-corrected chi connectivity index (χ1v) is 9.00. The second-order valence-electron chi connectivity index (χ2n) is 4.03. The van der Waals surface area contributed by atoms with Gasteiger partial charge in [0.2, 0.25) is 10.0 Å². The van der Waals surface area contributed by atoms with Crippen LogP contribution in [0.2, 0.25) is 0 Å². The topological polar surface area (TPSA) is 90.4 Å². The van der Waals surface area contributed by atoms with Crippen molar-refractivity contribution >= 4 is 58.6 Å². The summed E-state index contributed by atoms with van der Waals surface area (Å²) in [4.78, 5) is 8.52. The molecule has 2 aromatic rings. The molecule has 2 rings (SSSR count). The average Bonchev–Trinajstić information content (AvgIpc) is 2.41. The molecule has 0 bridgehead atoms. The van der Waals surface area contributed by atoms with E-state index in [4.69, 9.17) is 9.47 Å². The number of ether oxygens (including phenoxy) is 2. The maximum Gasteiger partial charge on any atom is 0.278 e. The molecule has 0 fully saturated rings. The molecule has 21 heavy (non-hydrogen) atoms. The Balaban J connectivity index is 2.84. The Morgan fingerprint density at radius 2 is 1.71 bits per heavy atom. The van der Waals surface area contributed by atoms with Gasteiger partial charge in [-0.15, -0.1) is 0 Å². The molecule has 0 saturated heterocycles. The van der Waals surface area contributed by atoms with Gasteiger partial charge in [-0.3, -0.25) is 4.72 Å². The number of halogens is 2. The Kier molecular flexibility index (Phi) is 4.59. The minimum Gasteiger partial charge on any atom is -0.477 e. The molecule has 0 spiro atoms. The van der Waals surface area contributed by atoms with E-state index in [-0.39, 0.29) is 17.4 Å². The number of rotatable bonds is 4. The SMILES string of the molecule is COc1nc2cc(Br)c(Br)c(NS(C)(=O)=O)c2nc1OC. The molecule has 0 aliphatic heterocycles. The first kappa shape index (κ1) is 16.2. The molecule has 10 heteroatoms. The van der Waals surface area contributed by atoms with Gasteiger partial charge in [-0.25, -0.2) is 18.4 Å². The highest BCUT2D eigenvalue weighted by molar-refractivity contribution is 9.13. The van der Waals surface area contributed by atoms with Crippen molar-refractivity contribution in [3.63, 3.8) is 0 Å². The van der Waals surface area contributed by atoms with Crippen LogP contribution in [-0.2, 0) is 10.0 Å². The molecule has 0 aliphatic rings. The zero-order chi connectivity index (χ0) is 15.8. The van der Waals surface area contributed by atoms with Gasteiger partial charge in [-0.1, -0.05) is 0 Å². The number of aromatic nitrogens is 2. The molecule has 1 N–H and O–H groups in total. The first-order valence-electron chi connectivity index (χ1n) is 5.52. The normalized spacial score (nSPS) is 11.5. The van der Waals surface area contributed by atoms with E-state index in [1.165, 1.54) is 14.2 Å². The number of nitrogens with zero attached hydrogens (tertiary/aromatic N) is 2. The number of benzene rings is 1. The standard InChI is InChI=1S/C11H11Br2N3O4S/c1-19-10-11(20-2)15-8-6(14-10)4-5(12)7(13)9(8)16-21(3,17)18/h4,16H,1-3H3. The summed E-state index contributed by atoms with van der Waals surface area (Å²) >= 11 is 6.66. The molecule has 1 aromatic carbocycles. The Hall–Kier alpha value is -1.13. The van der Waals surface area contributed by atoms with E-state index < -0.39 is 10.0 Å². The van der Waals surface area contributed by atoms with Crippen LogP contribution >= 0.6 is 31.9 Å². The van der Waals surface area contributed by atoms with Gasteiger partial charge in [-0.05, 0) is 37.9 Å². The lowest BCUT2D eigenvalue weighted by atomic mass is 10.2. The Labute approximate surface area is 138 Å². The summed E-state index contributed by atoms with van der Waals surface area (Å²) < 4.78 is 36.8. The second kappa shape index (κ2) is 5.93. The lowest BCUT2D eigenvalue weighted by Crippen LogP contribution is -2.11. The number of hydrogen-bond acceptors (Lipinski definition) is 6. The number of sulfonamides is 1. The molecule has 0 saturated carbocycles. The van der Waals surface area contributed by atoms with Gasteiger partial charge >= 0.3 is 0 Å². The fourth-order valence-electron chi connectivity index (χ4n) is 1.65. The predicted molar refractivity (Wildman–Crippen MR) is 86.5 cm³/mol. The molecular weight excluding hydrogens is 430 g/mol. The summed E-state index contributed by atoms with van der Waals surface area (Å²) in [6.45, 7) is 0. The van der Waals surface area contributed by atoms with E-state index in [1.807, 2.05) is 0 Å². The van der Waals surface area contributed by atoms with Crippen molar-refractivity contribution in [2.45, 2.75) is 0 Å². The molecule has 1 heterocycles. The third kappa shape index (κ3) is 3.38. The number of hydrogen-bond donors (Lipinski definition) is 1. The molecule has 1 aromatic heterocycles. The van der Waals surface area contributed by atoms with Crippen LogP contribution in [0.15, 0.2) is 15.0 Å². The predicted octanol–water partition coefficient (Wildman–Crippen LogP) is 2.54. The molecule has 0 unspecified atom stereocenters. The fourth-order valence-corrected chi connectivity index (χ4v) is 3.17. The number of methoxy groups -OCH3 is 2. The molecule has 114 valence electrons. The van der Waals surface area contributed by atoms with Crippen LogP contribution < -0.4 is 14.2 Å². The molecule has 0 aliphatic carbocycles. The minimum atomic E-state index is -3.48. The van der Waals surface area contributed by atoms with Crippen LogP contribution in [0.25, 0.3) is 11.0 Å². The van der Waals surface area contributed by atoms with Gasteiger partial charge < -0.3 is 9.47 Å². The number of fused-ring (bicyclic) bond motifs is 1. The third-order valence-corrected chi connectivity index (χ3v) is 5.02. The highest BCUT2D eigenvalue weighted by Crippen LogP contribution is 2.39. The number of anilines is 1. The highest BCUT2D eigenvalue weighted by Gasteiger charge is 2.19. The van der Waals surface area contributed by atoms with Gasteiger partial charge in [0.05, 0.1) is 36.2 Å². The van der Waals surface area contributed by atoms with Gasteiger partial charge in [0.1, 0.15) is 5.52 Å². The minimum absolute atomic E-state index is 0.163. The Morgan fingerprint density at radius 1 is 1.14 bits per heavy atom. The van der Waals surface area contributed by atoms with Crippen LogP contribution in [0, 0.1) is 0 Å². The van der Waals surface area contributed by atoms with Gasteiger partial charge in [-0.2, -0.15) is 0 Å². The van der Waals surface area contributed by atoms with E-state index in [2.05, 4.69) is 46.5 Å². The van der Waals surface area contributed by atoms with Crippen LogP contribution in [0.5, 0.6) is 11.8 Å². The highest BCUT2D eigenvalue weighted by atomic mass is 79.9. The lowest BCUT2D eigenvalue weighted by molar-refractivity contribution is 0.334. The van der Waals surface area contributed by atoms with Gasteiger partial charge in [0.15, 0.2) is 0 Å². The summed E-state index contributed by atoms with van der Waals surface area (Å²) in [5, 5.41) is 0. The van der Waals surface area contributed by atoms with Crippen molar-refractivity contribution in [3.8, 4) is 11.8 Å². The number of nitrogens with one attached hydrogen (secondary N) is 1. The van der Waals surface area contributed by atoms with E-state index in [9.17, 15) is 8.42 Å². The van der Waals surface area contributed by atoms with Crippen LogP contribution in [0.4, 0.5) is 5.69 Å².